The van der Waals surface area contributed by atoms with Gasteiger partial charge in [-0.2, -0.15) is 5.10 Å². The van der Waals surface area contributed by atoms with Crippen LogP contribution in [-0.4, -0.2) is 25.7 Å². The van der Waals surface area contributed by atoms with E-state index in [0.717, 1.165) is 39.0 Å². The molecule has 0 saturated carbocycles. The zero-order valence-electron chi connectivity index (χ0n) is 18.0. The average molecular weight is 422 g/mol. The van der Waals surface area contributed by atoms with Crippen LogP contribution >= 0.6 is 0 Å². The van der Waals surface area contributed by atoms with E-state index < -0.39 is 0 Å². The molecule has 5 rings (SSSR count). The molecule has 0 spiro atoms. The van der Waals surface area contributed by atoms with Crippen molar-refractivity contribution in [1.82, 2.24) is 25.1 Å². The fourth-order valence-electron chi connectivity index (χ4n) is 4.00. The van der Waals surface area contributed by atoms with Crippen molar-refractivity contribution in [1.29, 1.82) is 0 Å². The van der Waals surface area contributed by atoms with Crippen LogP contribution in [0.15, 0.2) is 79.3 Å². The van der Waals surface area contributed by atoms with Crippen molar-refractivity contribution in [2.75, 3.05) is 0 Å². The van der Waals surface area contributed by atoms with Crippen LogP contribution in [0.4, 0.5) is 0 Å². The third-order valence-electron chi connectivity index (χ3n) is 5.54. The second-order valence-corrected chi connectivity index (χ2v) is 7.93. The Bertz CT molecular complexity index is 1400. The fraction of sp³-hybridized carbons (Fsp3) is 0.115. The number of carbonyl (C=O) groups is 1. The van der Waals surface area contributed by atoms with Crippen molar-refractivity contribution in [3.8, 4) is 16.9 Å². The molecule has 6 heteroatoms. The van der Waals surface area contributed by atoms with E-state index in [1.165, 1.54) is 5.56 Å². The number of carbonyl (C=O) groups excluding carboxylic acids is 1. The van der Waals surface area contributed by atoms with E-state index in [9.17, 15) is 4.79 Å². The number of aryl methyl sites for hydroxylation is 2. The van der Waals surface area contributed by atoms with Crippen LogP contribution in [0.2, 0.25) is 0 Å². The van der Waals surface area contributed by atoms with Crippen molar-refractivity contribution in [3.05, 3.63) is 102 Å². The second-order valence-electron chi connectivity index (χ2n) is 7.93. The van der Waals surface area contributed by atoms with Gasteiger partial charge in [0.05, 0.1) is 11.4 Å². The Morgan fingerprint density at radius 3 is 2.59 bits per heavy atom. The average Bonchev–Trinajstić information content (AvgIpc) is 3.43. The summed E-state index contributed by atoms with van der Waals surface area (Å²) >= 11 is 0. The third-order valence-corrected chi connectivity index (χ3v) is 5.54. The summed E-state index contributed by atoms with van der Waals surface area (Å²) < 4.78 is 1.84. The molecule has 2 aromatic carbocycles. The van der Waals surface area contributed by atoms with Gasteiger partial charge in [0, 0.05) is 47.2 Å². The number of hydrogen-bond acceptors (Lipinski definition) is 3. The van der Waals surface area contributed by atoms with Gasteiger partial charge in [-0.05, 0) is 61.4 Å². The van der Waals surface area contributed by atoms with E-state index in [4.69, 9.17) is 5.10 Å². The van der Waals surface area contributed by atoms with Crippen molar-refractivity contribution < 1.29 is 4.79 Å². The minimum atomic E-state index is -0.147. The minimum absolute atomic E-state index is 0.147. The van der Waals surface area contributed by atoms with Crippen LogP contribution < -0.4 is 5.32 Å². The number of pyridine rings is 1. The number of aromatic amines is 1. The zero-order chi connectivity index (χ0) is 22.1. The quantitative estimate of drug-likeness (QED) is 0.421. The van der Waals surface area contributed by atoms with Gasteiger partial charge >= 0.3 is 0 Å². The Balaban J connectivity index is 1.44. The fourth-order valence-corrected chi connectivity index (χ4v) is 4.00. The highest BCUT2D eigenvalue weighted by Crippen LogP contribution is 2.24. The number of benzene rings is 2. The first-order valence-electron chi connectivity index (χ1n) is 10.5. The zero-order valence-corrected chi connectivity index (χ0v) is 18.0. The van der Waals surface area contributed by atoms with Crippen LogP contribution in [0.3, 0.4) is 0 Å². The molecule has 0 fully saturated rings. The van der Waals surface area contributed by atoms with Gasteiger partial charge in [0.25, 0.3) is 5.91 Å². The van der Waals surface area contributed by atoms with Gasteiger partial charge in [-0.25, -0.2) is 4.68 Å². The summed E-state index contributed by atoms with van der Waals surface area (Å²) in [5, 5.41) is 8.90. The van der Waals surface area contributed by atoms with Gasteiger partial charge in [-0.1, -0.05) is 24.3 Å². The smallest absolute Gasteiger partial charge is 0.267 e. The Morgan fingerprint density at radius 1 is 1.03 bits per heavy atom. The van der Waals surface area contributed by atoms with Crippen molar-refractivity contribution in [2.24, 2.45) is 0 Å². The maximum atomic E-state index is 12.9. The van der Waals surface area contributed by atoms with Crippen LogP contribution in [0.5, 0.6) is 0 Å². The molecule has 3 heterocycles. The number of nitrogens with one attached hydrogen (secondary N) is 2. The number of rotatable bonds is 5. The summed E-state index contributed by atoms with van der Waals surface area (Å²) in [5.41, 5.74) is 7.50. The summed E-state index contributed by atoms with van der Waals surface area (Å²) in [5.74, 6) is -0.147. The molecular weight excluding hydrogens is 398 g/mol. The first-order valence-corrected chi connectivity index (χ1v) is 10.5. The van der Waals surface area contributed by atoms with Crippen LogP contribution in [0, 0.1) is 13.8 Å². The van der Waals surface area contributed by atoms with Gasteiger partial charge in [-0.3, -0.25) is 9.78 Å². The number of H-pyrrole nitrogens is 1. The van der Waals surface area contributed by atoms with E-state index in [1.54, 1.807) is 12.4 Å². The highest BCUT2D eigenvalue weighted by Gasteiger charge is 2.15. The molecule has 32 heavy (non-hydrogen) atoms. The highest BCUT2D eigenvalue weighted by atomic mass is 16.1. The van der Waals surface area contributed by atoms with E-state index in [0.29, 0.717) is 12.2 Å². The lowest BCUT2D eigenvalue weighted by Gasteiger charge is -2.04. The number of hydrogen-bond donors (Lipinski definition) is 2. The lowest BCUT2D eigenvalue weighted by atomic mass is 10.1. The monoisotopic (exact) mass is 421 g/mol. The van der Waals surface area contributed by atoms with E-state index in [2.05, 4.69) is 41.3 Å². The SMILES string of the molecule is Cc1cc(C)c2cc(C(=O)NCc3cn(-c4ccccc4)nc3-c3ccncc3)[nH]c2c1. The molecule has 2 N–H and O–H groups in total. The molecule has 0 bridgehead atoms. The van der Waals surface area contributed by atoms with Gasteiger partial charge in [0.1, 0.15) is 5.69 Å². The normalized spacial score (nSPS) is 11.1. The summed E-state index contributed by atoms with van der Waals surface area (Å²) in [6.07, 6.45) is 5.45. The Labute approximate surface area is 185 Å². The molecule has 5 aromatic rings. The van der Waals surface area contributed by atoms with Crippen molar-refractivity contribution >= 4 is 16.8 Å². The number of para-hydroxylation sites is 1. The molecule has 0 unspecified atom stereocenters. The summed E-state index contributed by atoms with van der Waals surface area (Å²) in [6, 6.07) is 19.9. The van der Waals surface area contributed by atoms with Gasteiger partial charge < -0.3 is 10.3 Å². The third kappa shape index (κ3) is 3.78. The molecule has 0 saturated heterocycles. The summed E-state index contributed by atoms with van der Waals surface area (Å²) in [6.45, 7) is 4.47. The van der Waals surface area contributed by atoms with Gasteiger partial charge in [-0.15, -0.1) is 0 Å². The molecule has 0 aliphatic heterocycles. The predicted molar refractivity (Wildman–Crippen MR) is 126 cm³/mol. The van der Waals surface area contributed by atoms with E-state index >= 15 is 0 Å². The Morgan fingerprint density at radius 2 is 1.81 bits per heavy atom. The molecule has 1 amide bonds. The number of aromatic nitrogens is 4. The van der Waals surface area contributed by atoms with Crippen molar-refractivity contribution in [2.45, 2.75) is 20.4 Å². The molecule has 0 aliphatic carbocycles. The molecule has 3 aromatic heterocycles. The molecule has 6 nitrogen and oxygen atoms in total. The number of nitrogens with zero attached hydrogens (tertiary/aromatic N) is 3. The van der Waals surface area contributed by atoms with E-state index in [1.807, 2.05) is 59.4 Å². The van der Waals surface area contributed by atoms with Crippen LogP contribution in [0.1, 0.15) is 27.2 Å². The lowest BCUT2D eigenvalue weighted by molar-refractivity contribution is 0.0947. The standard InChI is InChI=1S/C26H23N5O/c1-17-12-18(2)22-14-24(29-23(22)13-17)26(32)28-15-20-16-31(21-6-4-3-5-7-21)30-25(20)19-8-10-27-11-9-19/h3-14,16,29H,15H2,1-2H3,(H,28,32). The first-order chi connectivity index (χ1) is 15.6. The maximum Gasteiger partial charge on any atom is 0.267 e. The highest BCUT2D eigenvalue weighted by molar-refractivity contribution is 5.99. The number of amides is 1. The predicted octanol–water partition coefficient (Wildman–Crippen LogP) is 4.96. The second kappa shape index (κ2) is 8.15. The van der Waals surface area contributed by atoms with Crippen LogP contribution in [-0.2, 0) is 6.54 Å². The van der Waals surface area contributed by atoms with Crippen molar-refractivity contribution in [3.63, 3.8) is 0 Å². The number of fused-ring (bicyclic) bond motifs is 1. The molecule has 158 valence electrons. The lowest BCUT2D eigenvalue weighted by Crippen LogP contribution is -2.23. The maximum absolute atomic E-state index is 12.9. The topological polar surface area (TPSA) is 75.6 Å². The van der Waals surface area contributed by atoms with Gasteiger partial charge in [0.15, 0.2) is 0 Å². The molecule has 0 aliphatic rings. The molecule has 0 radical (unpaired) electrons. The Hall–Kier alpha value is -4.19. The Kier molecular flexibility index (Phi) is 5.03. The first kappa shape index (κ1) is 19.8. The van der Waals surface area contributed by atoms with Crippen LogP contribution in [0.25, 0.3) is 27.8 Å². The minimum Gasteiger partial charge on any atom is -0.351 e. The van der Waals surface area contributed by atoms with Gasteiger partial charge in [0.2, 0.25) is 0 Å². The largest absolute Gasteiger partial charge is 0.351 e. The van der Waals surface area contributed by atoms with E-state index in [-0.39, 0.29) is 5.91 Å². The molecular formula is C26H23N5O. The molecule has 0 atom stereocenters. The summed E-state index contributed by atoms with van der Waals surface area (Å²) in [7, 11) is 0. The summed E-state index contributed by atoms with van der Waals surface area (Å²) in [4.78, 5) is 20.3.